The van der Waals surface area contributed by atoms with E-state index in [4.69, 9.17) is 0 Å². The summed E-state index contributed by atoms with van der Waals surface area (Å²) in [6.07, 6.45) is 1.48. The third-order valence-electron chi connectivity index (χ3n) is 2.48. The maximum atomic E-state index is 10.8. The van der Waals surface area contributed by atoms with E-state index in [1.807, 2.05) is 4.90 Å². The van der Waals surface area contributed by atoms with E-state index in [9.17, 15) is 10.1 Å². The van der Waals surface area contributed by atoms with Gasteiger partial charge in [-0.25, -0.2) is 0 Å². The smallest absolute Gasteiger partial charge is 0.358 e. The molecule has 1 aromatic heterocycles. The molecule has 1 aliphatic heterocycles. The lowest BCUT2D eigenvalue weighted by Crippen LogP contribution is -2.44. The van der Waals surface area contributed by atoms with Crippen LogP contribution in [0.2, 0.25) is 0 Å². The summed E-state index contributed by atoms with van der Waals surface area (Å²) in [5.74, 6) is 0.543. The Balaban J connectivity index is 2.32. The normalized spacial score (nSPS) is 16.7. The lowest BCUT2D eigenvalue weighted by atomic mass is 10.3. The van der Waals surface area contributed by atoms with Gasteiger partial charge in [0.05, 0.1) is 0 Å². The van der Waals surface area contributed by atoms with Crippen molar-refractivity contribution in [2.24, 2.45) is 7.05 Å². The van der Waals surface area contributed by atoms with E-state index in [0.29, 0.717) is 5.82 Å². The predicted octanol–water partition coefficient (Wildman–Crippen LogP) is -0.262. The number of nitro groups is 1. The fourth-order valence-corrected chi connectivity index (χ4v) is 1.78. The zero-order valence-corrected chi connectivity index (χ0v) is 8.51. The predicted molar refractivity (Wildman–Crippen MR) is 54.9 cm³/mol. The fraction of sp³-hybridized carbons (Fsp3) is 0.625. The second-order valence-corrected chi connectivity index (χ2v) is 3.50. The van der Waals surface area contributed by atoms with Crippen LogP contribution >= 0.6 is 0 Å². The number of nitrogens with zero attached hydrogens (tertiary/aromatic N) is 4. The van der Waals surface area contributed by atoms with Crippen LogP contribution in [0, 0.1) is 10.1 Å². The highest BCUT2D eigenvalue weighted by Gasteiger charge is 2.26. The Morgan fingerprint density at radius 3 is 2.80 bits per heavy atom. The Morgan fingerprint density at radius 1 is 1.53 bits per heavy atom. The first-order valence-corrected chi connectivity index (χ1v) is 4.81. The first-order valence-electron chi connectivity index (χ1n) is 4.81. The maximum Gasteiger partial charge on any atom is 0.406 e. The van der Waals surface area contributed by atoms with E-state index in [1.165, 1.54) is 6.33 Å². The molecule has 1 N–H and O–H groups in total. The number of imidazole rings is 1. The van der Waals surface area contributed by atoms with E-state index in [2.05, 4.69) is 10.3 Å². The number of aromatic nitrogens is 2. The van der Waals surface area contributed by atoms with Crippen LogP contribution in [-0.4, -0.2) is 40.7 Å². The third kappa shape index (κ3) is 1.78. The molecule has 2 rings (SSSR count). The Kier molecular flexibility index (Phi) is 2.55. The van der Waals surface area contributed by atoms with Crippen LogP contribution in [0.1, 0.15) is 0 Å². The molecule has 0 unspecified atom stereocenters. The standard InChI is InChI=1S/C8H13N5O2/c1-11-6-10-7(13(14)15)8(11)12-4-2-9-3-5-12/h6,9H,2-5H2,1H3. The van der Waals surface area contributed by atoms with Crippen molar-refractivity contribution in [2.75, 3.05) is 31.1 Å². The molecule has 1 saturated heterocycles. The Morgan fingerprint density at radius 2 is 2.20 bits per heavy atom. The molecule has 7 heteroatoms. The molecule has 0 bridgehead atoms. The summed E-state index contributed by atoms with van der Waals surface area (Å²) < 4.78 is 1.70. The van der Waals surface area contributed by atoms with Gasteiger partial charge in [-0.15, -0.1) is 0 Å². The number of hydrogen-bond donors (Lipinski definition) is 1. The molecule has 0 saturated carbocycles. The van der Waals surface area contributed by atoms with Gasteiger partial charge in [-0.1, -0.05) is 0 Å². The van der Waals surface area contributed by atoms with Crippen molar-refractivity contribution in [3.8, 4) is 0 Å². The number of anilines is 1. The van der Waals surface area contributed by atoms with E-state index >= 15 is 0 Å². The highest BCUT2D eigenvalue weighted by Crippen LogP contribution is 2.25. The van der Waals surface area contributed by atoms with Crippen LogP contribution in [0.3, 0.4) is 0 Å². The molecule has 82 valence electrons. The SMILES string of the molecule is Cn1cnc([N+](=O)[O-])c1N1CCNCC1. The molecule has 1 aromatic rings. The van der Waals surface area contributed by atoms with Gasteiger partial charge in [-0.3, -0.25) is 4.57 Å². The quantitative estimate of drug-likeness (QED) is 0.538. The molecular weight excluding hydrogens is 198 g/mol. The lowest BCUT2D eigenvalue weighted by molar-refractivity contribution is -0.388. The van der Waals surface area contributed by atoms with Crippen LogP contribution in [0.4, 0.5) is 11.6 Å². The van der Waals surface area contributed by atoms with Crippen molar-refractivity contribution in [1.29, 1.82) is 0 Å². The Bertz CT molecular complexity index is 369. The summed E-state index contributed by atoms with van der Waals surface area (Å²) in [5.41, 5.74) is 0. The van der Waals surface area contributed by atoms with Crippen LogP contribution in [0.15, 0.2) is 6.33 Å². The minimum Gasteiger partial charge on any atom is -0.358 e. The highest BCUT2D eigenvalue weighted by molar-refractivity contribution is 5.54. The first-order chi connectivity index (χ1) is 7.20. The van der Waals surface area contributed by atoms with E-state index < -0.39 is 4.92 Å². The molecule has 0 spiro atoms. The van der Waals surface area contributed by atoms with Crippen LogP contribution in [-0.2, 0) is 7.05 Å². The topological polar surface area (TPSA) is 76.2 Å². The number of aryl methyl sites for hydroxylation is 1. The zero-order valence-electron chi connectivity index (χ0n) is 8.51. The maximum absolute atomic E-state index is 10.8. The number of hydrogen-bond acceptors (Lipinski definition) is 5. The van der Waals surface area contributed by atoms with Gasteiger partial charge in [0.2, 0.25) is 12.1 Å². The molecule has 1 aliphatic rings. The summed E-state index contributed by atoms with van der Waals surface area (Å²) in [7, 11) is 1.78. The minimum atomic E-state index is -0.433. The van der Waals surface area contributed by atoms with Gasteiger partial charge in [0.25, 0.3) is 0 Å². The van der Waals surface area contributed by atoms with Crippen molar-refractivity contribution >= 4 is 11.6 Å². The van der Waals surface area contributed by atoms with Crippen molar-refractivity contribution < 1.29 is 4.92 Å². The van der Waals surface area contributed by atoms with Gasteiger partial charge in [0.1, 0.15) is 0 Å². The molecule has 7 nitrogen and oxygen atoms in total. The monoisotopic (exact) mass is 211 g/mol. The van der Waals surface area contributed by atoms with Crippen molar-refractivity contribution in [1.82, 2.24) is 14.9 Å². The second kappa shape index (κ2) is 3.85. The first kappa shape index (κ1) is 9.91. The van der Waals surface area contributed by atoms with Gasteiger partial charge in [0, 0.05) is 33.2 Å². The highest BCUT2D eigenvalue weighted by atomic mass is 16.6. The van der Waals surface area contributed by atoms with Crippen LogP contribution in [0.5, 0.6) is 0 Å². The molecule has 0 amide bonds. The average molecular weight is 211 g/mol. The largest absolute Gasteiger partial charge is 0.406 e. The molecule has 1 fully saturated rings. The summed E-state index contributed by atoms with van der Waals surface area (Å²) in [5, 5.41) is 14.0. The lowest BCUT2D eigenvalue weighted by Gasteiger charge is -2.28. The Labute approximate surface area is 86.9 Å². The van der Waals surface area contributed by atoms with Gasteiger partial charge >= 0.3 is 5.82 Å². The van der Waals surface area contributed by atoms with Gasteiger partial charge in [-0.2, -0.15) is 0 Å². The van der Waals surface area contributed by atoms with Crippen LogP contribution < -0.4 is 10.2 Å². The molecule has 0 atom stereocenters. The molecule has 2 heterocycles. The van der Waals surface area contributed by atoms with Gasteiger partial charge in [0.15, 0.2) is 0 Å². The third-order valence-corrected chi connectivity index (χ3v) is 2.48. The summed E-state index contributed by atoms with van der Waals surface area (Å²) in [4.78, 5) is 16.1. The van der Waals surface area contributed by atoms with Crippen LogP contribution in [0.25, 0.3) is 0 Å². The van der Waals surface area contributed by atoms with Gasteiger partial charge in [-0.05, 0) is 9.91 Å². The van der Waals surface area contributed by atoms with Gasteiger partial charge < -0.3 is 20.3 Å². The number of rotatable bonds is 2. The van der Waals surface area contributed by atoms with E-state index in [1.54, 1.807) is 11.6 Å². The van der Waals surface area contributed by atoms with Crippen molar-refractivity contribution in [3.63, 3.8) is 0 Å². The summed E-state index contributed by atoms with van der Waals surface area (Å²) in [6.45, 7) is 3.26. The molecule has 0 radical (unpaired) electrons. The van der Waals surface area contributed by atoms with E-state index in [-0.39, 0.29) is 5.82 Å². The van der Waals surface area contributed by atoms with E-state index in [0.717, 1.165) is 26.2 Å². The Hall–Kier alpha value is -1.63. The summed E-state index contributed by atoms with van der Waals surface area (Å²) in [6, 6.07) is 0. The van der Waals surface area contributed by atoms with Crippen molar-refractivity contribution in [2.45, 2.75) is 0 Å². The number of nitrogens with one attached hydrogen (secondary N) is 1. The molecule has 0 aliphatic carbocycles. The fourth-order valence-electron chi connectivity index (χ4n) is 1.78. The second-order valence-electron chi connectivity index (χ2n) is 3.50. The number of piperazine rings is 1. The average Bonchev–Trinajstić information content (AvgIpc) is 2.61. The van der Waals surface area contributed by atoms with Crippen molar-refractivity contribution in [3.05, 3.63) is 16.4 Å². The zero-order chi connectivity index (χ0) is 10.8. The minimum absolute atomic E-state index is 0.0561. The summed E-state index contributed by atoms with van der Waals surface area (Å²) >= 11 is 0. The molecule has 15 heavy (non-hydrogen) atoms. The molecular formula is C8H13N5O2. The molecule has 0 aromatic carbocycles.